The van der Waals surface area contributed by atoms with Crippen LogP contribution in [0.2, 0.25) is 0 Å². The van der Waals surface area contributed by atoms with Gasteiger partial charge in [0.1, 0.15) is 11.4 Å². The molecule has 0 amide bonds. The van der Waals surface area contributed by atoms with Gasteiger partial charge in [0.05, 0.1) is 53.8 Å². The zero-order valence-electron chi connectivity index (χ0n) is 20.8. The Hall–Kier alpha value is -4.83. The molecule has 0 fully saturated rings. The Morgan fingerprint density at radius 2 is 1.62 bits per heavy atom. The molecule has 4 rings (SSSR count). The molecule has 0 unspecified atom stereocenters. The quantitative estimate of drug-likeness (QED) is 0.205. The molecule has 0 saturated heterocycles. The Morgan fingerprint density at radius 3 is 2.26 bits per heavy atom. The number of ether oxygens (including phenoxy) is 1. The topological polar surface area (TPSA) is 138 Å². The summed E-state index contributed by atoms with van der Waals surface area (Å²) < 4.78 is 5.38. The minimum absolute atomic E-state index is 0.0383. The van der Waals surface area contributed by atoms with E-state index in [1.54, 1.807) is 37.6 Å². The Kier molecular flexibility index (Phi) is 8.80. The molecule has 0 aliphatic heterocycles. The zero-order chi connectivity index (χ0) is 27.8. The Labute approximate surface area is 229 Å². The van der Waals surface area contributed by atoms with Gasteiger partial charge in [-0.05, 0) is 71.9 Å². The number of benzene rings is 1. The van der Waals surface area contributed by atoms with Crippen LogP contribution in [0.4, 0.5) is 5.69 Å². The minimum atomic E-state index is -1.13. The molecule has 0 spiro atoms. The molecule has 196 valence electrons. The molecule has 10 nitrogen and oxygen atoms in total. The van der Waals surface area contributed by atoms with Crippen LogP contribution >= 0.6 is 12.2 Å². The van der Waals surface area contributed by atoms with Crippen molar-refractivity contribution in [2.24, 2.45) is 4.99 Å². The molecular weight excluding hydrogens is 518 g/mol. The van der Waals surface area contributed by atoms with E-state index in [4.69, 9.17) is 21.9 Å². The van der Waals surface area contributed by atoms with Crippen molar-refractivity contribution in [3.8, 4) is 39.7 Å². The average Bonchev–Trinajstić information content (AvgIpc) is 2.93. The molecule has 0 radical (unpaired) electrons. The van der Waals surface area contributed by atoms with Crippen LogP contribution in [-0.4, -0.2) is 67.4 Å². The number of isothiocyanates is 1. The normalized spacial score (nSPS) is 10.6. The van der Waals surface area contributed by atoms with E-state index >= 15 is 0 Å². The van der Waals surface area contributed by atoms with Crippen molar-refractivity contribution in [1.82, 2.24) is 19.9 Å². The Balaban J connectivity index is 1.80. The summed E-state index contributed by atoms with van der Waals surface area (Å²) in [6.45, 7) is -0.823. The van der Waals surface area contributed by atoms with E-state index in [9.17, 15) is 19.8 Å². The summed E-state index contributed by atoms with van der Waals surface area (Å²) in [5.74, 6) is -1.70. The lowest BCUT2D eigenvalue weighted by Gasteiger charge is -2.17. The van der Waals surface area contributed by atoms with Crippen LogP contribution in [0, 0.1) is 0 Å². The van der Waals surface area contributed by atoms with Crippen LogP contribution < -0.4 is 4.74 Å². The lowest BCUT2D eigenvalue weighted by molar-refractivity contribution is -0.142. The van der Waals surface area contributed by atoms with Crippen LogP contribution in [0.3, 0.4) is 0 Å². The molecule has 2 N–H and O–H groups in total. The molecule has 0 bridgehead atoms. The number of carbonyl (C=O) groups is 2. The summed E-state index contributed by atoms with van der Waals surface area (Å²) in [6, 6.07) is 20.1. The van der Waals surface area contributed by atoms with Crippen LogP contribution in [0.15, 0.2) is 77.9 Å². The highest BCUT2D eigenvalue weighted by atomic mass is 32.1. The van der Waals surface area contributed by atoms with Crippen LogP contribution in [0.1, 0.15) is 5.69 Å². The fraction of sp³-hybridized carbons (Fsp3) is 0.143. The summed E-state index contributed by atoms with van der Waals surface area (Å²) >= 11 is 4.79. The Bertz CT molecular complexity index is 1540. The monoisotopic (exact) mass is 541 g/mol. The maximum absolute atomic E-state index is 11.2. The molecular formula is C28H23N5O5S. The fourth-order valence-corrected chi connectivity index (χ4v) is 4.07. The maximum Gasteiger partial charge on any atom is 0.317 e. The molecule has 0 atom stereocenters. The highest BCUT2D eigenvalue weighted by Crippen LogP contribution is 2.35. The number of pyridine rings is 3. The number of thiocarbonyl (C=S) groups is 1. The number of aliphatic carboxylic acids is 2. The van der Waals surface area contributed by atoms with E-state index in [0.29, 0.717) is 39.9 Å². The first-order valence-electron chi connectivity index (χ1n) is 11.7. The smallest absolute Gasteiger partial charge is 0.317 e. The molecule has 1 aromatic carbocycles. The third-order valence-corrected chi connectivity index (χ3v) is 5.69. The summed E-state index contributed by atoms with van der Waals surface area (Å²) in [7, 11) is 1.55. The predicted molar refractivity (Wildman–Crippen MR) is 148 cm³/mol. The summed E-state index contributed by atoms with van der Waals surface area (Å²) in [6.07, 6.45) is 1.68. The number of hydrogen-bond donors (Lipinski definition) is 2. The second-order valence-corrected chi connectivity index (χ2v) is 8.56. The average molecular weight is 542 g/mol. The highest BCUT2D eigenvalue weighted by Gasteiger charge is 2.16. The van der Waals surface area contributed by atoms with Gasteiger partial charge in [0.25, 0.3) is 0 Å². The number of methoxy groups -OCH3 is 1. The lowest BCUT2D eigenvalue weighted by atomic mass is 10.0. The first kappa shape index (κ1) is 27.2. The van der Waals surface area contributed by atoms with Crippen LogP contribution in [-0.2, 0) is 16.1 Å². The van der Waals surface area contributed by atoms with Gasteiger partial charge in [-0.2, -0.15) is 4.99 Å². The van der Waals surface area contributed by atoms with Crippen molar-refractivity contribution in [2.75, 3.05) is 20.2 Å². The number of rotatable bonds is 11. The third kappa shape index (κ3) is 7.14. The minimum Gasteiger partial charge on any atom is -0.494 e. The van der Waals surface area contributed by atoms with E-state index in [-0.39, 0.29) is 6.54 Å². The van der Waals surface area contributed by atoms with E-state index in [2.05, 4.69) is 20.1 Å². The van der Waals surface area contributed by atoms with Gasteiger partial charge in [0.15, 0.2) is 0 Å². The van der Waals surface area contributed by atoms with Gasteiger partial charge in [0, 0.05) is 12.7 Å². The van der Waals surface area contributed by atoms with Gasteiger partial charge in [-0.3, -0.25) is 19.5 Å². The second-order valence-electron chi connectivity index (χ2n) is 8.38. The molecule has 0 aliphatic rings. The standard InChI is InChI=1S/C28H23N5O5S/c1-38-26-9-8-18(11-25(26)30-17-39)19-12-23(21-6-2-3-10-29-21)32-24(13-19)22-7-4-5-20(31-22)14-33(15-27(34)35)16-28(36)37/h2-13H,14-16H2,1H3,(H,34,35)(H,36,37). The second kappa shape index (κ2) is 12.6. The zero-order valence-corrected chi connectivity index (χ0v) is 21.6. The molecule has 3 aromatic heterocycles. The maximum atomic E-state index is 11.2. The number of carboxylic acids is 2. The van der Waals surface area contributed by atoms with Crippen molar-refractivity contribution < 1.29 is 24.5 Å². The molecule has 4 aromatic rings. The van der Waals surface area contributed by atoms with Gasteiger partial charge < -0.3 is 14.9 Å². The SMILES string of the molecule is COc1ccc(-c2cc(-c3ccccn3)nc(-c3cccc(CN(CC(=O)O)CC(=O)O)n3)c2)cc1N=C=S. The lowest BCUT2D eigenvalue weighted by Crippen LogP contribution is -2.34. The largest absolute Gasteiger partial charge is 0.494 e. The number of aromatic nitrogens is 3. The van der Waals surface area contributed by atoms with Crippen LogP contribution in [0.25, 0.3) is 33.9 Å². The van der Waals surface area contributed by atoms with Gasteiger partial charge in [-0.15, -0.1) is 0 Å². The van der Waals surface area contributed by atoms with Crippen molar-refractivity contribution in [3.63, 3.8) is 0 Å². The number of nitrogens with zero attached hydrogens (tertiary/aromatic N) is 5. The van der Waals surface area contributed by atoms with Crippen molar-refractivity contribution in [3.05, 3.63) is 78.6 Å². The molecule has 11 heteroatoms. The van der Waals surface area contributed by atoms with Gasteiger partial charge in [-0.25, -0.2) is 9.97 Å². The van der Waals surface area contributed by atoms with Crippen molar-refractivity contribution in [1.29, 1.82) is 0 Å². The predicted octanol–water partition coefficient (Wildman–Crippen LogP) is 4.59. The van der Waals surface area contributed by atoms with E-state index in [1.165, 1.54) is 4.90 Å². The van der Waals surface area contributed by atoms with E-state index in [1.807, 2.05) is 42.5 Å². The van der Waals surface area contributed by atoms with Crippen molar-refractivity contribution in [2.45, 2.75) is 6.54 Å². The number of hydrogen-bond acceptors (Lipinski definition) is 9. The van der Waals surface area contributed by atoms with Gasteiger partial charge in [-0.1, -0.05) is 18.2 Å². The van der Waals surface area contributed by atoms with Gasteiger partial charge >= 0.3 is 11.9 Å². The third-order valence-electron chi connectivity index (χ3n) is 5.60. The first-order chi connectivity index (χ1) is 18.9. The number of carboxylic acid groups (broad SMARTS) is 2. The number of aliphatic imine (C=N–C) groups is 1. The summed E-state index contributed by atoms with van der Waals surface area (Å²) in [4.78, 5) is 41.8. The fourth-order valence-electron chi connectivity index (χ4n) is 3.97. The van der Waals surface area contributed by atoms with Gasteiger partial charge in [0.2, 0.25) is 0 Å². The molecule has 0 aliphatic carbocycles. The highest BCUT2D eigenvalue weighted by molar-refractivity contribution is 7.78. The molecule has 3 heterocycles. The van der Waals surface area contributed by atoms with Crippen molar-refractivity contribution >= 4 is 35.0 Å². The van der Waals surface area contributed by atoms with Crippen LogP contribution in [0.5, 0.6) is 5.75 Å². The van der Waals surface area contributed by atoms with E-state index < -0.39 is 25.0 Å². The first-order valence-corrected chi connectivity index (χ1v) is 12.1. The Morgan fingerprint density at radius 1 is 0.897 bits per heavy atom. The molecule has 39 heavy (non-hydrogen) atoms. The summed E-state index contributed by atoms with van der Waals surface area (Å²) in [5, 5.41) is 20.7. The van der Waals surface area contributed by atoms with E-state index in [0.717, 1.165) is 11.1 Å². The summed E-state index contributed by atoms with van der Waals surface area (Å²) in [5.41, 5.74) is 5.03. The molecule has 0 saturated carbocycles.